The molecule has 64 valence electrons. The number of pyridine rings is 1. The van der Waals surface area contributed by atoms with E-state index in [1.54, 1.807) is 12.4 Å². The van der Waals surface area contributed by atoms with Crippen LogP contribution in [0, 0.1) is 11.3 Å². The van der Waals surface area contributed by atoms with Gasteiger partial charge in [-0.2, -0.15) is 5.26 Å². The summed E-state index contributed by atoms with van der Waals surface area (Å²) in [5.74, 6) is 0.783. The quantitative estimate of drug-likeness (QED) is 0.645. The molecule has 0 aliphatic carbocycles. The molecule has 2 rings (SSSR count). The van der Waals surface area contributed by atoms with Crippen LogP contribution in [0.2, 0.25) is 0 Å². The number of fused-ring (bicyclic) bond motifs is 1. The van der Waals surface area contributed by atoms with Gasteiger partial charge in [0.2, 0.25) is 0 Å². The summed E-state index contributed by atoms with van der Waals surface area (Å²) in [5.41, 5.74) is 1.86. The van der Waals surface area contributed by atoms with Crippen LogP contribution in [0.25, 0.3) is 11.0 Å². The number of aryl methyl sites for hydroxylation is 1. The van der Waals surface area contributed by atoms with Crippen molar-refractivity contribution in [3.05, 3.63) is 24.3 Å². The molecule has 0 aliphatic rings. The number of hydrogen-bond acceptors (Lipinski definition) is 3. The Kier molecular flexibility index (Phi) is 1.71. The lowest BCUT2D eigenvalue weighted by molar-refractivity contribution is 0.857. The minimum absolute atomic E-state index is 0.338. The summed E-state index contributed by atoms with van der Waals surface area (Å²) < 4.78 is 1.92. The number of rotatable bonds is 1. The first-order chi connectivity index (χ1) is 6.33. The van der Waals surface area contributed by atoms with Gasteiger partial charge in [0.05, 0.1) is 24.2 Å². The van der Waals surface area contributed by atoms with E-state index >= 15 is 0 Å². The molecule has 2 heterocycles. The van der Waals surface area contributed by atoms with Crippen molar-refractivity contribution in [1.82, 2.24) is 14.5 Å². The van der Waals surface area contributed by atoms with Crippen LogP contribution in [0.5, 0.6) is 0 Å². The van der Waals surface area contributed by atoms with Gasteiger partial charge < -0.3 is 4.57 Å². The van der Waals surface area contributed by atoms with E-state index in [2.05, 4.69) is 16.0 Å². The van der Waals surface area contributed by atoms with Crippen LogP contribution >= 0.6 is 0 Å². The Labute approximate surface area is 75.5 Å². The number of nitriles is 1. The van der Waals surface area contributed by atoms with Crippen LogP contribution in [0.15, 0.2) is 18.5 Å². The highest BCUT2D eigenvalue weighted by atomic mass is 15.1. The Balaban J connectivity index is 2.68. The van der Waals surface area contributed by atoms with Crippen molar-refractivity contribution in [3.8, 4) is 6.07 Å². The maximum absolute atomic E-state index is 8.55. The van der Waals surface area contributed by atoms with Gasteiger partial charge in [0, 0.05) is 13.2 Å². The lowest BCUT2D eigenvalue weighted by atomic mass is 10.4. The number of imidazole rings is 1. The van der Waals surface area contributed by atoms with E-state index in [1.165, 1.54) is 0 Å². The van der Waals surface area contributed by atoms with Crippen LogP contribution in [-0.4, -0.2) is 14.5 Å². The molecule has 0 N–H and O–H groups in total. The maximum Gasteiger partial charge on any atom is 0.123 e. The van der Waals surface area contributed by atoms with Gasteiger partial charge in [-0.15, -0.1) is 0 Å². The average Bonchev–Trinajstić information content (AvgIpc) is 2.46. The molecule has 0 saturated carbocycles. The third kappa shape index (κ3) is 1.14. The van der Waals surface area contributed by atoms with Gasteiger partial charge in [0.15, 0.2) is 0 Å². The minimum atomic E-state index is 0.338. The highest BCUT2D eigenvalue weighted by molar-refractivity contribution is 5.74. The third-order valence-electron chi connectivity index (χ3n) is 2.01. The van der Waals surface area contributed by atoms with E-state index in [0.29, 0.717) is 6.42 Å². The van der Waals surface area contributed by atoms with Crippen molar-refractivity contribution in [3.63, 3.8) is 0 Å². The number of nitrogens with zero attached hydrogens (tertiary/aromatic N) is 4. The first kappa shape index (κ1) is 7.74. The monoisotopic (exact) mass is 172 g/mol. The third-order valence-corrected chi connectivity index (χ3v) is 2.01. The van der Waals surface area contributed by atoms with Crippen molar-refractivity contribution in [2.24, 2.45) is 7.05 Å². The fraction of sp³-hybridized carbons (Fsp3) is 0.222. The van der Waals surface area contributed by atoms with Crippen molar-refractivity contribution in [2.75, 3.05) is 0 Å². The second-order valence-electron chi connectivity index (χ2n) is 2.79. The molecule has 13 heavy (non-hydrogen) atoms. The predicted octanol–water partition coefficient (Wildman–Crippen LogP) is 1.03. The van der Waals surface area contributed by atoms with Crippen molar-refractivity contribution in [1.29, 1.82) is 5.26 Å². The van der Waals surface area contributed by atoms with Gasteiger partial charge in [-0.1, -0.05) is 0 Å². The molecular formula is C9H8N4. The van der Waals surface area contributed by atoms with E-state index in [0.717, 1.165) is 16.9 Å². The summed E-state index contributed by atoms with van der Waals surface area (Å²) in [7, 11) is 1.90. The highest BCUT2D eigenvalue weighted by Crippen LogP contribution is 2.12. The normalized spacial score (nSPS) is 10.2. The molecule has 0 fully saturated rings. The zero-order chi connectivity index (χ0) is 9.26. The van der Waals surface area contributed by atoms with Gasteiger partial charge in [-0.05, 0) is 6.07 Å². The molecule has 2 aromatic rings. The molecular weight excluding hydrogens is 164 g/mol. The zero-order valence-electron chi connectivity index (χ0n) is 7.23. The summed E-state index contributed by atoms with van der Waals surface area (Å²) >= 11 is 0. The molecule has 2 aromatic heterocycles. The first-order valence-electron chi connectivity index (χ1n) is 3.95. The number of hydrogen-bond donors (Lipinski definition) is 0. The molecule has 0 unspecified atom stereocenters. The van der Waals surface area contributed by atoms with E-state index in [9.17, 15) is 0 Å². The molecule has 0 atom stereocenters. The smallest absolute Gasteiger partial charge is 0.123 e. The Morgan fingerprint density at radius 3 is 3.15 bits per heavy atom. The van der Waals surface area contributed by atoms with Crippen LogP contribution in [-0.2, 0) is 13.5 Å². The van der Waals surface area contributed by atoms with E-state index in [1.807, 2.05) is 17.7 Å². The topological polar surface area (TPSA) is 54.5 Å². The summed E-state index contributed by atoms with van der Waals surface area (Å²) in [6.45, 7) is 0. The fourth-order valence-corrected chi connectivity index (χ4v) is 1.33. The van der Waals surface area contributed by atoms with Crippen LogP contribution < -0.4 is 0 Å². The van der Waals surface area contributed by atoms with Gasteiger partial charge >= 0.3 is 0 Å². The Hall–Kier alpha value is -1.89. The van der Waals surface area contributed by atoms with Crippen molar-refractivity contribution >= 4 is 11.0 Å². The van der Waals surface area contributed by atoms with Crippen molar-refractivity contribution < 1.29 is 0 Å². The van der Waals surface area contributed by atoms with E-state index in [-0.39, 0.29) is 0 Å². The van der Waals surface area contributed by atoms with E-state index < -0.39 is 0 Å². The molecule has 0 spiro atoms. The summed E-state index contributed by atoms with van der Waals surface area (Å²) in [6, 6.07) is 3.97. The minimum Gasteiger partial charge on any atom is -0.330 e. The summed E-state index contributed by atoms with van der Waals surface area (Å²) in [5, 5.41) is 8.55. The zero-order valence-corrected chi connectivity index (χ0v) is 7.23. The Bertz CT molecular complexity index is 478. The summed E-state index contributed by atoms with van der Waals surface area (Å²) in [4.78, 5) is 8.25. The van der Waals surface area contributed by atoms with Gasteiger partial charge in [0.1, 0.15) is 11.3 Å². The van der Waals surface area contributed by atoms with Crippen LogP contribution in [0.1, 0.15) is 5.82 Å². The van der Waals surface area contributed by atoms with Gasteiger partial charge in [0.25, 0.3) is 0 Å². The Morgan fingerprint density at radius 1 is 1.62 bits per heavy atom. The van der Waals surface area contributed by atoms with Crippen LogP contribution in [0.3, 0.4) is 0 Å². The molecule has 0 amide bonds. The molecule has 0 aliphatic heterocycles. The highest BCUT2D eigenvalue weighted by Gasteiger charge is 2.05. The maximum atomic E-state index is 8.55. The van der Waals surface area contributed by atoms with Gasteiger partial charge in [-0.3, -0.25) is 4.98 Å². The standard InChI is InChI=1S/C9H8N4/c1-13-8-3-5-11-6-7(8)12-9(13)2-4-10/h3,5-6H,2H2,1H3. The molecule has 0 saturated heterocycles. The molecule has 0 aromatic carbocycles. The summed E-state index contributed by atoms with van der Waals surface area (Å²) in [6.07, 6.45) is 3.77. The largest absolute Gasteiger partial charge is 0.330 e. The Morgan fingerprint density at radius 2 is 2.46 bits per heavy atom. The molecule has 0 radical (unpaired) electrons. The molecule has 0 bridgehead atoms. The predicted molar refractivity (Wildman–Crippen MR) is 47.8 cm³/mol. The van der Waals surface area contributed by atoms with Gasteiger partial charge in [-0.25, -0.2) is 4.98 Å². The average molecular weight is 172 g/mol. The molecule has 4 nitrogen and oxygen atoms in total. The lowest BCUT2D eigenvalue weighted by Crippen LogP contribution is -1.95. The second kappa shape index (κ2) is 2.87. The van der Waals surface area contributed by atoms with Crippen LogP contribution in [0.4, 0.5) is 0 Å². The fourth-order valence-electron chi connectivity index (χ4n) is 1.33. The first-order valence-corrected chi connectivity index (χ1v) is 3.95. The van der Waals surface area contributed by atoms with E-state index in [4.69, 9.17) is 5.26 Å². The number of aromatic nitrogens is 3. The second-order valence-corrected chi connectivity index (χ2v) is 2.79. The SMILES string of the molecule is Cn1c(CC#N)nc2cnccc21. The van der Waals surface area contributed by atoms with Crippen molar-refractivity contribution in [2.45, 2.75) is 6.42 Å². The lowest BCUT2D eigenvalue weighted by Gasteiger charge is -1.95. The molecule has 4 heteroatoms.